The maximum atomic E-state index is 14.4. The van der Waals surface area contributed by atoms with Crippen LogP contribution in [0.5, 0.6) is 5.75 Å². The molecule has 3 aliphatic heterocycles. The fourth-order valence-corrected chi connectivity index (χ4v) is 10.2. The Balaban J connectivity index is 1.08. The molecule has 2 unspecified atom stereocenters. The summed E-state index contributed by atoms with van der Waals surface area (Å²) in [6.45, 7) is 1.73. The number of hydrogen-bond acceptors (Lipinski definition) is 6. The van der Waals surface area contributed by atoms with Crippen LogP contribution >= 0.6 is 0 Å². The molecule has 2 aromatic carbocycles. The first kappa shape index (κ1) is 33.8. The monoisotopic (exact) mass is 688 g/mol. The minimum atomic E-state index is -4.27. The Labute approximate surface area is 281 Å². The summed E-state index contributed by atoms with van der Waals surface area (Å²) in [6.07, 6.45) is 5.10. The molecule has 8 nitrogen and oxygen atoms in total. The van der Waals surface area contributed by atoms with E-state index < -0.39 is 27.7 Å². The quantitative estimate of drug-likeness (QED) is 0.369. The van der Waals surface area contributed by atoms with Crippen LogP contribution in [0.25, 0.3) is 0 Å². The Morgan fingerprint density at radius 1 is 0.896 bits per heavy atom. The van der Waals surface area contributed by atoms with E-state index in [1.54, 1.807) is 48.5 Å². The van der Waals surface area contributed by atoms with Gasteiger partial charge in [0.1, 0.15) is 11.8 Å². The molecule has 12 heteroatoms. The third-order valence-corrected chi connectivity index (χ3v) is 13.5. The van der Waals surface area contributed by atoms with Gasteiger partial charge in [-0.15, -0.1) is 0 Å². The van der Waals surface area contributed by atoms with Crippen molar-refractivity contribution in [3.05, 3.63) is 59.7 Å². The number of fused-ring (bicyclic) bond motifs is 2. The number of rotatable bonds is 9. The lowest BCUT2D eigenvalue weighted by atomic mass is 9.90. The third kappa shape index (κ3) is 6.62. The van der Waals surface area contributed by atoms with E-state index in [2.05, 4.69) is 0 Å². The van der Waals surface area contributed by atoms with Crippen molar-refractivity contribution < 1.29 is 31.1 Å². The van der Waals surface area contributed by atoms with Crippen molar-refractivity contribution >= 4 is 15.9 Å². The average Bonchev–Trinajstić information content (AvgIpc) is 3.85. The summed E-state index contributed by atoms with van der Waals surface area (Å²) in [7, 11) is -4.03. The lowest BCUT2D eigenvalue weighted by Gasteiger charge is -2.45. The fraction of sp³-hybridized carbons (Fsp3) is 0.639. The lowest BCUT2D eigenvalue weighted by Crippen LogP contribution is -2.63. The van der Waals surface area contributed by atoms with Gasteiger partial charge in [-0.3, -0.25) is 9.69 Å². The van der Waals surface area contributed by atoms with Crippen molar-refractivity contribution in [3.63, 3.8) is 0 Å². The van der Waals surface area contributed by atoms with Crippen LogP contribution in [0.4, 0.5) is 13.2 Å². The number of piperidine rings is 1. The standard InChI is InChI=1S/C36H47F3N4O4S/c37-36(38,39)35(16-17-35)27-8-6-25(7-9-27)22-41-18-19-42(33(23-41)34(44)43-29-10-11-30(43)21-28(40)20-29)48(45,46)32-14-12-31(13-15-32)47-24-26-4-2-1-3-5-26/h6-9,12-15,26,28-30,33H,1-5,10-11,16-24,40H2/t28?,29?,30?,33-/m0/s1. The fourth-order valence-electron chi connectivity index (χ4n) is 8.67. The van der Waals surface area contributed by atoms with Crippen LogP contribution in [0.2, 0.25) is 0 Å². The molecular weight excluding hydrogens is 641 g/mol. The Morgan fingerprint density at radius 2 is 1.54 bits per heavy atom. The predicted octanol–water partition coefficient (Wildman–Crippen LogP) is 5.60. The Kier molecular flexibility index (Phi) is 9.32. The van der Waals surface area contributed by atoms with Crippen molar-refractivity contribution in [2.75, 3.05) is 26.2 Å². The number of ether oxygens (including phenoxy) is 1. The smallest absolute Gasteiger partial charge is 0.398 e. The Hall–Kier alpha value is -2.67. The van der Waals surface area contributed by atoms with Gasteiger partial charge in [0.25, 0.3) is 0 Å². The van der Waals surface area contributed by atoms with Crippen molar-refractivity contribution in [2.24, 2.45) is 11.7 Å². The van der Waals surface area contributed by atoms with Gasteiger partial charge in [0.2, 0.25) is 15.9 Å². The molecular formula is C36H47F3N4O4S. The van der Waals surface area contributed by atoms with Gasteiger partial charge in [0.05, 0.1) is 16.9 Å². The molecule has 2 bridgehead atoms. The second kappa shape index (κ2) is 13.2. The number of carbonyl (C=O) groups excluding carboxylic acids is 1. The maximum absolute atomic E-state index is 14.4. The minimum Gasteiger partial charge on any atom is -0.493 e. The molecule has 3 heterocycles. The van der Waals surface area contributed by atoms with E-state index in [1.165, 1.54) is 23.6 Å². The van der Waals surface area contributed by atoms with Crippen molar-refractivity contribution in [1.29, 1.82) is 0 Å². The number of carbonyl (C=O) groups is 1. The van der Waals surface area contributed by atoms with Gasteiger partial charge in [-0.1, -0.05) is 43.5 Å². The molecule has 0 spiro atoms. The van der Waals surface area contributed by atoms with Crippen molar-refractivity contribution in [3.8, 4) is 5.75 Å². The first-order chi connectivity index (χ1) is 22.9. The summed E-state index contributed by atoms with van der Waals surface area (Å²) >= 11 is 0. The molecule has 1 amide bonds. The molecule has 0 radical (unpaired) electrons. The summed E-state index contributed by atoms with van der Waals surface area (Å²) in [6, 6.07) is 12.2. The van der Waals surface area contributed by atoms with Gasteiger partial charge in [-0.2, -0.15) is 17.5 Å². The zero-order chi connectivity index (χ0) is 33.7. The molecule has 2 N–H and O–H groups in total. The highest BCUT2D eigenvalue weighted by Gasteiger charge is 2.64. The second-order valence-corrected chi connectivity index (χ2v) is 16.7. The summed E-state index contributed by atoms with van der Waals surface area (Å²) in [5, 5.41) is 0. The van der Waals surface area contributed by atoms with Crippen LogP contribution in [0, 0.1) is 5.92 Å². The first-order valence-electron chi connectivity index (χ1n) is 17.7. The number of alkyl halides is 3. The van der Waals surface area contributed by atoms with Gasteiger partial charge in [0.15, 0.2) is 0 Å². The molecule has 0 aromatic heterocycles. The SMILES string of the molecule is NC1CC2CCC(C1)N2C(=O)[C@@H]1CN(Cc2ccc(C3(C(F)(F)F)CC3)cc2)CCN1S(=O)(=O)c1ccc(OCC2CCCCC2)cc1. The largest absolute Gasteiger partial charge is 0.493 e. The van der Waals surface area contributed by atoms with E-state index in [9.17, 15) is 26.4 Å². The minimum absolute atomic E-state index is 0.00250. The predicted molar refractivity (Wildman–Crippen MR) is 176 cm³/mol. The van der Waals surface area contributed by atoms with E-state index in [4.69, 9.17) is 10.5 Å². The molecule has 2 saturated carbocycles. The highest BCUT2D eigenvalue weighted by Crippen LogP contribution is 2.58. The van der Waals surface area contributed by atoms with Crippen LogP contribution < -0.4 is 10.5 Å². The number of piperazine rings is 1. The van der Waals surface area contributed by atoms with Gasteiger partial charge in [0, 0.05) is 44.3 Å². The maximum Gasteiger partial charge on any atom is 0.398 e. The van der Waals surface area contributed by atoms with Crippen LogP contribution in [0.15, 0.2) is 53.4 Å². The number of hydrogen-bond donors (Lipinski definition) is 1. The van der Waals surface area contributed by atoms with E-state index in [0.29, 0.717) is 44.2 Å². The lowest BCUT2D eigenvalue weighted by molar-refractivity contribution is -0.160. The molecule has 3 atom stereocenters. The number of sulfonamides is 1. The molecule has 5 aliphatic rings. The molecule has 2 aliphatic carbocycles. The number of benzene rings is 2. The molecule has 7 rings (SSSR count). The van der Waals surface area contributed by atoms with E-state index in [1.807, 2.05) is 9.80 Å². The molecule has 3 saturated heterocycles. The van der Waals surface area contributed by atoms with Gasteiger partial charge < -0.3 is 15.4 Å². The van der Waals surface area contributed by atoms with Gasteiger partial charge in [-0.25, -0.2) is 8.42 Å². The third-order valence-electron chi connectivity index (χ3n) is 11.6. The zero-order valence-electron chi connectivity index (χ0n) is 27.4. The summed E-state index contributed by atoms with van der Waals surface area (Å²) in [5.74, 6) is 0.968. The van der Waals surface area contributed by atoms with E-state index >= 15 is 0 Å². The normalized spacial score (nSPS) is 28.4. The van der Waals surface area contributed by atoms with E-state index in [-0.39, 0.29) is 60.4 Å². The summed E-state index contributed by atoms with van der Waals surface area (Å²) in [5.41, 5.74) is 5.67. The summed E-state index contributed by atoms with van der Waals surface area (Å²) < 4.78 is 76.8. The molecule has 5 fully saturated rings. The second-order valence-electron chi connectivity index (χ2n) is 14.8. The van der Waals surface area contributed by atoms with Crippen LogP contribution in [0.1, 0.15) is 81.8 Å². The Morgan fingerprint density at radius 3 is 2.15 bits per heavy atom. The van der Waals surface area contributed by atoms with Gasteiger partial charge in [-0.05, 0) is 92.7 Å². The van der Waals surface area contributed by atoms with Crippen LogP contribution in [0.3, 0.4) is 0 Å². The van der Waals surface area contributed by atoms with Crippen LogP contribution in [-0.4, -0.2) is 85.0 Å². The van der Waals surface area contributed by atoms with Crippen LogP contribution in [-0.2, 0) is 26.8 Å². The number of nitrogens with zero attached hydrogens (tertiary/aromatic N) is 3. The van der Waals surface area contributed by atoms with E-state index in [0.717, 1.165) is 31.2 Å². The highest BCUT2D eigenvalue weighted by atomic mass is 32.2. The molecule has 262 valence electrons. The zero-order valence-corrected chi connectivity index (χ0v) is 28.2. The number of nitrogens with two attached hydrogens (primary N) is 1. The molecule has 48 heavy (non-hydrogen) atoms. The van der Waals surface area contributed by atoms with Crippen molar-refractivity contribution in [1.82, 2.24) is 14.1 Å². The number of halogens is 3. The topological polar surface area (TPSA) is 96.2 Å². The van der Waals surface area contributed by atoms with Crippen molar-refractivity contribution in [2.45, 2.75) is 118 Å². The average molecular weight is 689 g/mol. The Bertz CT molecular complexity index is 1540. The first-order valence-corrected chi connectivity index (χ1v) is 19.1. The highest BCUT2D eigenvalue weighted by molar-refractivity contribution is 7.89. The number of amides is 1. The summed E-state index contributed by atoms with van der Waals surface area (Å²) in [4.78, 5) is 18.4. The molecule has 2 aromatic rings. The van der Waals surface area contributed by atoms with Gasteiger partial charge >= 0.3 is 6.18 Å².